The molecule has 1 atom stereocenters. The van der Waals surface area contributed by atoms with Crippen molar-refractivity contribution in [2.75, 3.05) is 13.2 Å². The summed E-state index contributed by atoms with van der Waals surface area (Å²) in [4.78, 5) is 0. The van der Waals surface area contributed by atoms with E-state index >= 15 is 0 Å². The summed E-state index contributed by atoms with van der Waals surface area (Å²) in [5.41, 5.74) is 0. The van der Waals surface area contributed by atoms with E-state index < -0.39 is 6.10 Å². The number of nitrogens with one attached hydrogen (secondary N) is 1. The smallest absolute Gasteiger partial charge is 0.245 e. The van der Waals surface area contributed by atoms with Crippen molar-refractivity contribution in [2.24, 2.45) is 0 Å². The first kappa shape index (κ1) is 13.7. The lowest BCUT2D eigenvalue weighted by Gasteiger charge is -2.18. The summed E-state index contributed by atoms with van der Waals surface area (Å²) in [6.07, 6.45) is 8.82. The highest BCUT2D eigenvalue weighted by molar-refractivity contribution is 6.99. The number of aliphatic hydroxyl groups is 1. The van der Waals surface area contributed by atoms with E-state index in [0.717, 1.165) is 11.7 Å². The van der Waals surface area contributed by atoms with Crippen molar-refractivity contribution >= 4 is 11.7 Å². The lowest BCUT2D eigenvalue weighted by Crippen LogP contribution is -2.37. The van der Waals surface area contributed by atoms with Gasteiger partial charge in [-0.3, -0.25) is 0 Å². The Bertz CT molecular complexity index is 313. The van der Waals surface area contributed by atoms with Gasteiger partial charge in [-0.05, 0) is 12.8 Å². The summed E-state index contributed by atoms with van der Waals surface area (Å²) in [7, 11) is 0. The Kier molecular flexibility index (Phi) is 5.83. The Morgan fingerprint density at radius 2 is 2.17 bits per heavy atom. The highest BCUT2D eigenvalue weighted by Crippen LogP contribution is 2.17. The van der Waals surface area contributed by atoms with Crippen molar-refractivity contribution < 1.29 is 9.84 Å². The number of hydrogen-bond donors (Lipinski definition) is 2. The molecule has 18 heavy (non-hydrogen) atoms. The zero-order valence-corrected chi connectivity index (χ0v) is 11.4. The van der Waals surface area contributed by atoms with Crippen molar-refractivity contribution in [2.45, 2.75) is 50.7 Å². The molecule has 0 aromatic carbocycles. The second-order valence-corrected chi connectivity index (χ2v) is 5.36. The quantitative estimate of drug-likeness (QED) is 0.769. The molecule has 1 aromatic rings. The van der Waals surface area contributed by atoms with E-state index in [1.807, 2.05) is 0 Å². The van der Waals surface area contributed by atoms with Crippen LogP contribution in [0.15, 0.2) is 6.20 Å². The number of aliphatic hydroxyl groups excluding tert-OH is 1. The van der Waals surface area contributed by atoms with Crippen molar-refractivity contribution in [3.8, 4) is 5.88 Å². The summed E-state index contributed by atoms with van der Waals surface area (Å²) in [5.74, 6) is 0.494. The molecule has 1 aliphatic carbocycles. The van der Waals surface area contributed by atoms with Gasteiger partial charge in [0, 0.05) is 12.6 Å². The van der Waals surface area contributed by atoms with Gasteiger partial charge >= 0.3 is 0 Å². The van der Waals surface area contributed by atoms with Crippen LogP contribution in [0.5, 0.6) is 5.88 Å². The zero-order chi connectivity index (χ0) is 12.6. The average molecular weight is 271 g/mol. The van der Waals surface area contributed by atoms with Crippen LogP contribution >= 0.6 is 11.7 Å². The molecule has 0 radical (unpaired) electrons. The van der Waals surface area contributed by atoms with Crippen LogP contribution in [-0.2, 0) is 0 Å². The monoisotopic (exact) mass is 271 g/mol. The van der Waals surface area contributed by atoms with Crippen molar-refractivity contribution in [3.05, 3.63) is 6.20 Å². The van der Waals surface area contributed by atoms with Gasteiger partial charge in [-0.15, -0.1) is 4.37 Å². The summed E-state index contributed by atoms with van der Waals surface area (Å²) >= 11 is 1.11. The second-order valence-electron chi connectivity index (χ2n) is 4.81. The Hall–Kier alpha value is -0.720. The average Bonchev–Trinajstić information content (AvgIpc) is 2.76. The molecule has 1 heterocycles. The molecule has 1 aromatic heterocycles. The Balaban J connectivity index is 1.60. The van der Waals surface area contributed by atoms with Gasteiger partial charge in [0.1, 0.15) is 18.9 Å². The molecule has 0 amide bonds. The van der Waals surface area contributed by atoms with Gasteiger partial charge in [0.25, 0.3) is 0 Å². The summed E-state index contributed by atoms with van der Waals surface area (Å²) in [6, 6.07) is 0.558. The molecular formula is C12H21N3O2S. The first-order valence-electron chi connectivity index (χ1n) is 6.66. The lowest BCUT2D eigenvalue weighted by molar-refractivity contribution is 0.101. The Morgan fingerprint density at radius 1 is 1.39 bits per heavy atom. The minimum atomic E-state index is -0.491. The van der Waals surface area contributed by atoms with Crippen LogP contribution in [0.25, 0.3) is 0 Å². The minimum Gasteiger partial charge on any atom is -0.473 e. The zero-order valence-electron chi connectivity index (χ0n) is 10.5. The van der Waals surface area contributed by atoms with Crippen molar-refractivity contribution in [1.82, 2.24) is 14.1 Å². The van der Waals surface area contributed by atoms with Crippen LogP contribution in [0.3, 0.4) is 0 Å². The lowest BCUT2D eigenvalue weighted by atomic mass is 10.1. The first-order valence-corrected chi connectivity index (χ1v) is 7.39. The number of hydrogen-bond acceptors (Lipinski definition) is 6. The largest absolute Gasteiger partial charge is 0.473 e. The van der Waals surface area contributed by atoms with E-state index in [9.17, 15) is 5.11 Å². The molecule has 6 heteroatoms. The molecule has 5 nitrogen and oxygen atoms in total. The fraction of sp³-hybridized carbons (Fsp3) is 0.833. The Morgan fingerprint density at radius 3 is 2.83 bits per heavy atom. The highest BCUT2D eigenvalue weighted by atomic mass is 32.1. The minimum absolute atomic E-state index is 0.269. The molecule has 2 rings (SSSR count). The van der Waals surface area contributed by atoms with Crippen LogP contribution in [0.1, 0.15) is 38.5 Å². The van der Waals surface area contributed by atoms with Gasteiger partial charge in [-0.25, -0.2) is 0 Å². The molecule has 1 fully saturated rings. The summed E-state index contributed by atoms with van der Waals surface area (Å²) in [6.45, 7) is 0.855. The maximum absolute atomic E-state index is 9.82. The fourth-order valence-electron chi connectivity index (χ4n) is 2.25. The molecule has 1 aliphatic rings. The number of ether oxygens (including phenoxy) is 1. The van der Waals surface area contributed by atoms with E-state index in [2.05, 4.69) is 14.1 Å². The van der Waals surface area contributed by atoms with Crippen LogP contribution in [0, 0.1) is 0 Å². The number of aromatic nitrogens is 2. The fourth-order valence-corrected chi connectivity index (χ4v) is 2.61. The number of rotatable bonds is 6. The standard InChI is InChI=1S/C12H21N3O2S/c16-11(9-17-12-8-14-18-15-12)7-13-10-5-3-1-2-4-6-10/h8,10-11,13,16H,1-7,9H2. The van der Waals surface area contributed by atoms with Crippen LogP contribution in [0.4, 0.5) is 0 Å². The molecular weight excluding hydrogens is 250 g/mol. The molecule has 0 saturated heterocycles. The highest BCUT2D eigenvalue weighted by Gasteiger charge is 2.13. The second kappa shape index (κ2) is 7.66. The maximum Gasteiger partial charge on any atom is 0.245 e. The van der Waals surface area contributed by atoms with Crippen LogP contribution in [-0.4, -0.2) is 39.2 Å². The molecule has 1 unspecified atom stereocenters. The predicted molar refractivity (Wildman–Crippen MR) is 70.9 cm³/mol. The van der Waals surface area contributed by atoms with Gasteiger partial charge < -0.3 is 15.2 Å². The van der Waals surface area contributed by atoms with Crippen LogP contribution in [0.2, 0.25) is 0 Å². The topological polar surface area (TPSA) is 67.3 Å². The van der Waals surface area contributed by atoms with Crippen molar-refractivity contribution in [1.29, 1.82) is 0 Å². The van der Waals surface area contributed by atoms with Gasteiger partial charge in [-0.1, -0.05) is 25.7 Å². The molecule has 0 aliphatic heterocycles. The van der Waals surface area contributed by atoms with Crippen molar-refractivity contribution in [3.63, 3.8) is 0 Å². The molecule has 0 spiro atoms. The summed E-state index contributed by atoms with van der Waals surface area (Å²) < 4.78 is 13.1. The third kappa shape index (κ3) is 4.88. The Labute approximate surface area is 112 Å². The molecule has 102 valence electrons. The molecule has 2 N–H and O–H groups in total. The van der Waals surface area contributed by atoms with E-state index in [0.29, 0.717) is 18.5 Å². The third-order valence-corrected chi connectivity index (χ3v) is 3.72. The number of nitrogens with zero attached hydrogens (tertiary/aromatic N) is 2. The molecule has 0 bridgehead atoms. The van der Waals surface area contributed by atoms with Gasteiger partial charge in [-0.2, -0.15) is 4.37 Å². The third-order valence-electron chi connectivity index (χ3n) is 3.26. The van der Waals surface area contributed by atoms with E-state index in [-0.39, 0.29) is 6.61 Å². The SMILES string of the molecule is OC(CNC1CCCCCC1)COc1cnsn1. The summed E-state index contributed by atoms with van der Waals surface area (Å²) in [5, 5.41) is 13.2. The van der Waals surface area contributed by atoms with E-state index in [4.69, 9.17) is 4.74 Å². The van der Waals surface area contributed by atoms with Crippen LogP contribution < -0.4 is 10.1 Å². The van der Waals surface area contributed by atoms with Gasteiger partial charge in [0.15, 0.2) is 0 Å². The first-order chi connectivity index (χ1) is 8.84. The van der Waals surface area contributed by atoms with E-state index in [1.165, 1.54) is 38.5 Å². The molecule has 1 saturated carbocycles. The van der Waals surface area contributed by atoms with Gasteiger partial charge in [0.2, 0.25) is 5.88 Å². The van der Waals surface area contributed by atoms with Gasteiger partial charge in [0.05, 0.1) is 11.7 Å². The predicted octanol–water partition coefficient (Wildman–Crippen LogP) is 1.59. The van der Waals surface area contributed by atoms with E-state index in [1.54, 1.807) is 6.20 Å². The maximum atomic E-state index is 9.82. The normalized spacial score (nSPS) is 19.4.